The number of sulfonamides is 1. The maximum absolute atomic E-state index is 12.8. The maximum Gasteiger partial charge on any atom is 0.387 e. The van der Waals surface area contributed by atoms with E-state index in [1.54, 1.807) is 24.3 Å². The van der Waals surface area contributed by atoms with Crippen molar-refractivity contribution in [3.05, 3.63) is 58.1 Å². The summed E-state index contributed by atoms with van der Waals surface area (Å²) in [5.41, 5.74) is 0.927. The number of benzene rings is 2. The molecule has 0 atom stereocenters. The molecule has 0 radical (unpaired) electrons. The first kappa shape index (κ1) is 21.3. The van der Waals surface area contributed by atoms with Gasteiger partial charge >= 0.3 is 6.61 Å². The number of hydrogen-bond acceptors (Lipinski definition) is 4. The summed E-state index contributed by atoms with van der Waals surface area (Å²) in [6.07, 6.45) is 0. The first-order valence-corrected chi connectivity index (χ1v) is 10.7. The molecule has 152 valence electrons. The van der Waals surface area contributed by atoms with E-state index < -0.39 is 16.6 Å². The van der Waals surface area contributed by atoms with E-state index in [2.05, 4.69) is 9.64 Å². The quantitative estimate of drug-likeness (QED) is 0.664. The number of ether oxygens (including phenoxy) is 1. The van der Waals surface area contributed by atoms with Gasteiger partial charge < -0.3 is 4.74 Å². The van der Waals surface area contributed by atoms with Gasteiger partial charge in [0.05, 0.1) is 10.0 Å². The molecule has 5 nitrogen and oxygen atoms in total. The molecule has 1 aliphatic heterocycles. The number of hydrogen-bond donors (Lipinski definition) is 0. The van der Waals surface area contributed by atoms with Gasteiger partial charge in [-0.25, -0.2) is 8.42 Å². The number of rotatable bonds is 6. The summed E-state index contributed by atoms with van der Waals surface area (Å²) >= 11 is 12.0. The van der Waals surface area contributed by atoms with Gasteiger partial charge in [-0.05, 0) is 29.8 Å². The summed E-state index contributed by atoms with van der Waals surface area (Å²) in [6, 6.07) is 10.9. The molecule has 2 aromatic rings. The maximum atomic E-state index is 12.8. The predicted molar refractivity (Wildman–Crippen MR) is 104 cm³/mol. The zero-order valence-corrected chi connectivity index (χ0v) is 17.0. The Balaban J connectivity index is 1.60. The second kappa shape index (κ2) is 8.92. The standard InChI is InChI=1S/C18H18Cl2F2N2O3S/c19-15-2-1-3-16(17(15)20)28(25,26)24-10-8-23(9-11-24)12-13-4-6-14(7-5-13)27-18(21)22/h1-7,18H,8-12H2. The van der Waals surface area contributed by atoms with Crippen LogP contribution in [0.1, 0.15) is 5.56 Å². The highest BCUT2D eigenvalue weighted by atomic mass is 35.5. The average Bonchev–Trinajstić information content (AvgIpc) is 2.65. The molecule has 0 spiro atoms. The van der Waals surface area contributed by atoms with Crippen LogP contribution >= 0.6 is 23.2 Å². The van der Waals surface area contributed by atoms with Gasteiger partial charge in [-0.15, -0.1) is 0 Å². The van der Waals surface area contributed by atoms with Crippen LogP contribution in [0.25, 0.3) is 0 Å². The second-order valence-corrected chi connectivity index (χ2v) is 8.95. The third-order valence-corrected chi connectivity index (χ3v) is 7.29. The van der Waals surface area contributed by atoms with Gasteiger partial charge in [0.2, 0.25) is 10.0 Å². The van der Waals surface area contributed by atoms with Crippen molar-refractivity contribution in [2.24, 2.45) is 0 Å². The first-order valence-electron chi connectivity index (χ1n) is 8.47. The molecule has 2 aromatic carbocycles. The van der Waals surface area contributed by atoms with Crippen molar-refractivity contribution in [1.29, 1.82) is 0 Å². The van der Waals surface area contributed by atoms with E-state index in [1.807, 2.05) is 0 Å². The van der Waals surface area contributed by atoms with Gasteiger partial charge in [-0.2, -0.15) is 13.1 Å². The lowest BCUT2D eigenvalue weighted by molar-refractivity contribution is -0.0498. The number of halogens is 4. The predicted octanol–water partition coefficient (Wildman–Crippen LogP) is 4.10. The number of nitrogens with zero attached hydrogens (tertiary/aromatic N) is 2. The molecule has 28 heavy (non-hydrogen) atoms. The molecule has 0 aromatic heterocycles. The molecule has 0 amide bonds. The zero-order chi connectivity index (χ0) is 20.3. The molecule has 3 rings (SSSR count). The molecule has 10 heteroatoms. The van der Waals surface area contributed by atoms with Gasteiger partial charge in [0.25, 0.3) is 0 Å². The highest BCUT2D eigenvalue weighted by molar-refractivity contribution is 7.89. The number of piperazine rings is 1. The lowest BCUT2D eigenvalue weighted by Crippen LogP contribution is -2.48. The minimum absolute atomic E-state index is 0.00438. The summed E-state index contributed by atoms with van der Waals surface area (Å²) < 4.78 is 55.8. The van der Waals surface area contributed by atoms with Gasteiger partial charge in [0.1, 0.15) is 10.6 Å². The van der Waals surface area contributed by atoms with Gasteiger partial charge in [0.15, 0.2) is 0 Å². The Morgan fingerprint density at radius 3 is 2.25 bits per heavy atom. The Morgan fingerprint density at radius 2 is 1.64 bits per heavy atom. The van der Waals surface area contributed by atoms with E-state index in [-0.39, 0.29) is 20.7 Å². The Bertz CT molecular complexity index is 919. The molecular weight excluding hydrogens is 433 g/mol. The highest BCUT2D eigenvalue weighted by Crippen LogP contribution is 2.31. The lowest BCUT2D eigenvalue weighted by atomic mass is 10.2. The van der Waals surface area contributed by atoms with Crippen molar-refractivity contribution in [2.75, 3.05) is 26.2 Å². The average molecular weight is 451 g/mol. The van der Waals surface area contributed by atoms with E-state index in [0.717, 1.165) is 5.56 Å². The Kier molecular flexibility index (Phi) is 6.77. The van der Waals surface area contributed by atoms with Crippen molar-refractivity contribution >= 4 is 33.2 Å². The van der Waals surface area contributed by atoms with Crippen LogP contribution in [-0.4, -0.2) is 50.4 Å². The number of alkyl halides is 2. The molecule has 0 unspecified atom stereocenters. The largest absolute Gasteiger partial charge is 0.435 e. The van der Waals surface area contributed by atoms with E-state index in [1.165, 1.54) is 22.5 Å². The molecule has 0 bridgehead atoms. The van der Waals surface area contributed by atoms with Gasteiger partial charge in [-0.1, -0.05) is 41.4 Å². The summed E-state index contributed by atoms with van der Waals surface area (Å²) in [5, 5.41) is 0.221. The molecule has 0 saturated carbocycles. The molecule has 1 fully saturated rings. The highest BCUT2D eigenvalue weighted by Gasteiger charge is 2.30. The fourth-order valence-corrected chi connectivity index (χ4v) is 5.14. The SMILES string of the molecule is O=S(=O)(c1cccc(Cl)c1Cl)N1CCN(Cc2ccc(OC(F)F)cc2)CC1. The van der Waals surface area contributed by atoms with Crippen molar-refractivity contribution in [1.82, 2.24) is 9.21 Å². The Hall–Kier alpha value is -1.45. The second-order valence-electron chi connectivity index (χ2n) is 6.25. The van der Waals surface area contributed by atoms with Crippen LogP contribution < -0.4 is 4.74 Å². The van der Waals surface area contributed by atoms with Crippen LogP contribution in [0.15, 0.2) is 47.4 Å². The van der Waals surface area contributed by atoms with Crippen molar-refractivity contribution < 1.29 is 21.9 Å². The summed E-state index contributed by atoms with van der Waals surface area (Å²) in [4.78, 5) is 2.10. The first-order chi connectivity index (χ1) is 13.3. The molecule has 1 saturated heterocycles. The Morgan fingerprint density at radius 1 is 1.00 bits per heavy atom. The minimum atomic E-state index is -3.73. The normalized spacial score (nSPS) is 16.5. The van der Waals surface area contributed by atoms with Crippen molar-refractivity contribution in [3.8, 4) is 5.75 Å². The molecule has 1 heterocycles. The topological polar surface area (TPSA) is 49.9 Å². The van der Waals surface area contributed by atoms with Crippen LogP contribution in [-0.2, 0) is 16.6 Å². The van der Waals surface area contributed by atoms with Crippen molar-refractivity contribution in [2.45, 2.75) is 18.1 Å². The summed E-state index contributed by atoms with van der Waals surface area (Å²) in [6.45, 7) is -0.566. The molecule has 0 N–H and O–H groups in total. The Labute approximate surface area is 172 Å². The van der Waals surface area contributed by atoms with Crippen molar-refractivity contribution in [3.63, 3.8) is 0 Å². The van der Waals surface area contributed by atoms with Crippen LogP contribution in [0, 0.1) is 0 Å². The van der Waals surface area contributed by atoms with Crippen LogP contribution in [0.2, 0.25) is 10.0 Å². The molecule has 0 aliphatic carbocycles. The monoisotopic (exact) mass is 450 g/mol. The van der Waals surface area contributed by atoms with E-state index in [4.69, 9.17) is 23.2 Å². The van der Waals surface area contributed by atoms with Gasteiger partial charge in [-0.3, -0.25) is 4.90 Å². The minimum Gasteiger partial charge on any atom is -0.435 e. The zero-order valence-electron chi connectivity index (χ0n) is 14.7. The third kappa shape index (κ3) is 4.93. The van der Waals surface area contributed by atoms with E-state index in [9.17, 15) is 17.2 Å². The fourth-order valence-electron chi connectivity index (χ4n) is 2.98. The molecular formula is C18H18Cl2F2N2O3S. The van der Waals surface area contributed by atoms with E-state index >= 15 is 0 Å². The smallest absolute Gasteiger partial charge is 0.387 e. The van der Waals surface area contributed by atoms with Crippen LogP contribution in [0.5, 0.6) is 5.75 Å². The summed E-state index contributed by atoms with van der Waals surface area (Å²) in [7, 11) is -3.73. The van der Waals surface area contributed by atoms with E-state index in [0.29, 0.717) is 32.7 Å². The lowest BCUT2D eigenvalue weighted by Gasteiger charge is -2.34. The summed E-state index contributed by atoms with van der Waals surface area (Å²) in [5.74, 6) is 0.105. The molecule has 1 aliphatic rings. The van der Waals surface area contributed by atoms with Crippen LogP contribution in [0.4, 0.5) is 8.78 Å². The van der Waals surface area contributed by atoms with Gasteiger partial charge in [0, 0.05) is 32.7 Å². The third-order valence-electron chi connectivity index (χ3n) is 4.42. The fraction of sp³-hybridized carbons (Fsp3) is 0.333. The van der Waals surface area contributed by atoms with Crippen LogP contribution in [0.3, 0.4) is 0 Å².